The fourth-order valence-corrected chi connectivity index (χ4v) is 3.02. The summed E-state index contributed by atoms with van der Waals surface area (Å²) in [4.78, 5) is 11.7. The lowest BCUT2D eigenvalue weighted by Crippen LogP contribution is -2.32. The Morgan fingerprint density at radius 2 is 1.59 bits per heavy atom. The number of esters is 1. The van der Waals surface area contributed by atoms with Gasteiger partial charge in [0.15, 0.2) is 5.11 Å². The molecule has 0 bridgehead atoms. The molecule has 2 rings (SSSR count). The molecule has 5 heteroatoms. The quantitative estimate of drug-likeness (QED) is 0.493. The summed E-state index contributed by atoms with van der Waals surface area (Å²) < 4.78 is 4.99. The van der Waals surface area contributed by atoms with Gasteiger partial charge in [0, 0.05) is 5.69 Å². The standard InChI is InChI=1S/C22H28N2O2S/c1-5-20(17-9-7-16(8-10-17)15(3)4)24-22(27)23-19-13-11-18(12-14-19)21(25)26-6-2/h7-15,20H,5-6H2,1-4H3,(H2,23,24,27). The van der Waals surface area contributed by atoms with E-state index < -0.39 is 0 Å². The number of hydrogen-bond acceptors (Lipinski definition) is 3. The van der Waals surface area contributed by atoms with Gasteiger partial charge < -0.3 is 15.4 Å². The summed E-state index contributed by atoms with van der Waals surface area (Å²) in [5, 5.41) is 7.09. The van der Waals surface area contributed by atoms with Gasteiger partial charge in [-0.1, -0.05) is 45.0 Å². The lowest BCUT2D eigenvalue weighted by molar-refractivity contribution is 0.0526. The van der Waals surface area contributed by atoms with E-state index >= 15 is 0 Å². The molecule has 1 unspecified atom stereocenters. The highest BCUT2D eigenvalue weighted by Crippen LogP contribution is 2.21. The number of nitrogens with one attached hydrogen (secondary N) is 2. The molecule has 0 heterocycles. The molecule has 144 valence electrons. The first kappa shape index (κ1) is 20.9. The van der Waals surface area contributed by atoms with Gasteiger partial charge in [0.1, 0.15) is 0 Å². The largest absolute Gasteiger partial charge is 0.462 e. The van der Waals surface area contributed by atoms with Gasteiger partial charge in [-0.25, -0.2) is 4.79 Å². The van der Waals surface area contributed by atoms with Crippen molar-refractivity contribution in [3.05, 3.63) is 65.2 Å². The predicted octanol–water partition coefficient (Wildman–Crippen LogP) is 5.42. The van der Waals surface area contributed by atoms with Gasteiger partial charge >= 0.3 is 5.97 Å². The SMILES string of the molecule is CCOC(=O)c1ccc(NC(=S)NC(CC)c2ccc(C(C)C)cc2)cc1. The molecular weight excluding hydrogens is 356 g/mol. The van der Waals surface area contributed by atoms with Crippen molar-refractivity contribution in [1.82, 2.24) is 5.32 Å². The number of rotatable bonds is 7. The molecule has 0 aliphatic carbocycles. The van der Waals surface area contributed by atoms with Crippen LogP contribution < -0.4 is 10.6 Å². The van der Waals surface area contributed by atoms with Crippen molar-refractivity contribution < 1.29 is 9.53 Å². The maximum atomic E-state index is 11.7. The summed E-state index contributed by atoms with van der Waals surface area (Å²) in [5.41, 5.74) is 3.89. The van der Waals surface area contributed by atoms with Crippen molar-refractivity contribution in [2.45, 2.75) is 46.1 Å². The summed E-state index contributed by atoms with van der Waals surface area (Å²) in [6.07, 6.45) is 0.921. The molecule has 2 aromatic rings. The molecule has 2 N–H and O–H groups in total. The van der Waals surface area contributed by atoms with Crippen LogP contribution in [0.3, 0.4) is 0 Å². The first-order valence-corrected chi connectivity index (χ1v) is 9.80. The fourth-order valence-electron chi connectivity index (χ4n) is 2.76. The van der Waals surface area contributed by atoms with E-state index in [2.05, 4.69) is 55.7 Å². The highest BCUT2D eigenvalue weighted by atomic mass is 32.1. The van der Waals surface area contributed by atoms with E-state index in [0.29, 0.717) is 23.2 Å². The Labute approximate surface area is 167 Å². The average Bonchev–Trinajstić information content (AvgIpc) is 2.67. The lowest BCUT2D eigenvalue weighted by Gasteiger charge is -2.20. The lowest BCUT2D eigenvalue weighted by atomic mass is 9.98. The van der Waals surface area contributed by atoms with Crippen molar-refractivity contribution in [2.75, 3.05) is 11.9 Å². The number of anilines is 1. The maximum Gasteiger partial charge on any atom is 0.338 e. The fraction of sp³-hybridized carbons (Fsp3) is 0.364. The monoisotopic (exact) mass is 384 g/mol. The van der Waals surface area contributed by atoms with Crippen molar-refractivity contribution in [2.24, 2.45) is 0 Å². The molecule has 0 fully saturated rings. The summed E-state index contributed by atoms with van der Waals surface area (Å²) >= 11 is 5.46. The van der Waals surface area contributed by atoms with E-state index in [-0.39, 0.29) is 12.0 Å². The summed E-state index contributed by atoms with van der Waals surface area (Å²) in [7, 11) is 0. The molecule has 0 spiro atoms. The second-order valence-electron chi connectivity index (χ2n) is 6.68. The number of hydrogen-bond donors (Lipinski definition) is 2. The van der Waals surface area contributed by atoms with E-state index in [1.165, 1.54) is 11.1 Å². The molecule has 0 radical (unpaired) electrons. The summed E-state index contributed by atoms with van der Waals surface area (Å²) in [6.45, 7) is 8.67. The molecule has 0 aliphatic heterocycles. The number of carbonyl (C=O) groups excluding carboxylic acids is 1. The van der Waals surface area contributed by atoms with Crippen LogP contribution in [0, 0.1) is 0 Å². The van der Waals surface area contributed by atoms with E-state index in [1.807, 2.05) is 12.1 Å². The minimum Gasteiger partial charge on any atom is -0.462 e. The van der Waals surface area contributed by atoms with E-state index in [0.717, 1.165) is 12.1 Å². The molecule has 1 atom stereocenters. The molecule has 0 aromatic heterocycles. The summed E-state index contributed by atoms with van der Waals surface area (Å²) in [6, 6.07) is 15.9. The molecule has 0 amide bonds. The van der Waals surface area contributed by atoms with Gasteiger partial charge in [-0.2, -0.15) is 0 Å². The average molecular weight is 385 g/mol. The number of carbonyl (C=O) groups is 1. The highest BCUT2D eigenvalue weighted by molar-refractivity contribution is 7.80. The third-order valence-electron chi connectivity index (χ3n) is 4.37. The van der Waals surface area contributed by atoms with Crippen molar-refractivity contribution in [3.8, 4) is 0 Å². The topological polar surface area (TPSA) is 50.4 Å². The minimum atomic E-state index is -0.319. The van der Waals surface area contributed by atoms with Crippen molar-refractivity contribution >= 4 is 29.0 Å². The zero-order chi connectivity index (χ0) is 19.8. The highest BCUT2D eigenvalue weighted by Gasteiger charge is 2.12. The van der Waals surface area contributed by atoms with E-state index in [4.69, 9.17) is 17.0 Å². The van der Waals surface area contributed by atoms with Gasteiger partial charge in [0.2, 0.25) is 0 Å². The Balaban J connectivity index is 1.97. The Bertz CT molecular complexity index is 755. The van der Waals surface area contributed by atoms with Crippen LogP contribution in [0.15, 0.2) is 48.5 Å². The van der Waals surface area contributed by atoms with Crippen LogP contribution in [0.4, 0.5) is 5.69 Å². The number of thiocarbonyl (C=S) groups is 1. The van der Waals surface area contributed by atoms with Crippen LogP contribution in [0.2, 0.25) is 0 Å². The second kappa shape index (κ2) is 10.1. The van der Waals surface area contributed by atoms with Crippen molar-refractivity contribution in [3.63, 3.8) is 0 Å². The third-order valence-corrected chi connectivity index (χ3v) is 4.59. The van der Waals surface area contributed by atoms with Gasteiger partial charge in [0.05, 0.1) is 18.2 Å². The second-order valence-corrected chi connectivity index (χ2v) is 7.09. The van der Waals surface area contributed by atoms with E-state index in [1.54, 1.807) is 19.1 Å². The van der Waals surface area contributed by atoms with Crippen LogP contribution in [-0.4, -0.2) is 17.7 Å². The van der Waals surface area contributed by atoms with Crippen LogP contribution in [0.5, 0.6) is 0 Å². The Morgan fingerprint density at radius 1 is 1.00 bits per heavy atom. The minimum absolute atomic E-state index is 0.144. The molecule has 2 aromatic carbocycles. The molecule has 0 saturated carbocycles. The summed E-state index contributed by atoms with van der Waals surface area (Å²) in [5.74, 6) is 0.202. The Kier molecular flexibility index (Phi) is 7.80. The van der Waals surface area contributed by atoms with E-state index in [9.17, 15) is 4.79 Å². The van der Waals surface area contributed by atoms with Crippen molar-refractivity contribution in [1.29, 1.82) is 0 Å². The van der Waals surface area contributed by atoms with Crippen LogP contribution in [-0.2, 0) is 4.74 Å². The number of benzene rings is 2. The first-order chi connectivity index (χ1) is 12.9. The van der Waals surface area contributed by atoms with Gasteiger partial charge in [-0.05, 0) is 66.9 Å². The zero-order valence-corrected chi connectivity index (χ0v) is 17.2. The Hall–Kier alpha value is -2.40. The molecule has 4 nitrogen and oxygen atoms in total. The smallest absolute Gasteiger partial charge is 0.338 e. The Morgan fingerprint density at radius 3 is 2.11 bits per heavy atom. The number of ether oxygens (including phenoxy) is 1. The predicted molar refractivity (Wildman–Crippen MR) is 115 cm³/mol. The maximum absolute atomic E-state index is 11.7. The molecular formula is C22H28N2O2S. The molecule has 0 saturated heterocycles. The molecule has 0 aliphatic rings. The third kappa shape index (κ3) is 6.07. The normalized spacial score (nSPS) is 11.7. The van der Waals surface area contributed by atoms with Crippen LogP contribution in [0.25, 0.3) is 0 Å². The van der Waals surface area contributed by atoms with Crippen LogP contribution >= 0.6 is 12.2 Å². The van der Waals surface area contributed by atoms with Gasteiger partial charge in [-0.3, -0.25) is 0 Å². The molecule has 27 heavy (non-hydrogen) atoms. The van der Waals surface area contributed by atoms with Gasteiger partial charge in [0.25, 0.3) is 0 Å². The van der Waals surface area contributed by atoms with Gasteiger partial charge in [-0.15, -0.1) is 0 Å². The van der Waals surface area contributed by atoms with Crippen LogP contribution in [0.1, 0.15) is 67.6 Å². The first-order valence-electron chi connectivity index (χ1n) is 9.39. The zero-order valence-electron chi connectivity index (χ0n) is 16.4.